The highest BCUT2D eigenvalue weighted by Crippen LogP contribution is 2.29. The predicted octanol–water partition coefficient (Wildman–Crippen LogP) is 1.11. The maximum Gasteiger partial charge on any atom is 0.416 e. The molecule has 0 spiro atoms. The second-order valence-electron chi connectivity index (χ2n) is 5.18. The average molecular weight is 395 g/mol. The van der Waals surface area contributed by atoms with Crippen LogP contribution in [0.4, 0.5) is 13.2 Å². The van der Waals surface area contributed by atoms with Crippen LogP contribution in [0.15, 0.2) is 73.2 Å². The monoisotopic (exact) mass is 394 g/mol. The maximum absolute atomic E-state index is 12.7. The molecule has 2 nitrogen and oxygen atoms in total. The van der Waals surface area contributed by atoms with Gasteiger partial charge in [-0.05, 0) is 22.7 Å². The second kappa shape index (κ2) is 7.57. The van der Waals surface area contributed by atoms with Gasteiger partial charge < -0.3 is 17.0 Å². The predicted molar refractivity (Wildman–Crippen MR) is 80.4 cm³/mol. The van der Waals surface area contributed by atoms with E-state index in [1.165, 1.54) is 6.07 Å². The Morgan fingerprint density at radius 3 is 2.29 bits per heavy atom. The standard InChI is InChI=1S/C18H14F3N2.BrH/c19-18(20,21)16-8-4-5-14(11-16)12-23-10-9-17(22-13-23)15-6-2-1-3-7-15;/h1-11,13H,12H2;1H/q+1;/p-1. The van der Waals surface area contributed by atoms with Crippen LogP contribution in [0.2, 0.25) is 0 Å². The van der Waals surface area contributed by atoms with Crippen molar-refractivity contribution in [1.29, 1.82) is 0 Å². The minimum absolute atomic E-state index is 0. The highest BCUT2D eigenvalue weighted by atomic mass is 79.9. The van der Waals surface area contributed by atoms with E-state index in [0.29, 0.717) is 12.1 Å². The van der Waals surface area contributed by atoms with E-state index in [9.17, 15) is 13.2 Å². The maximum atomic E-state index is 12.7. The Kier molecular flexibility index (Phi) is 5.72. The van der Waals surface area contributed by atoms with Crippen molar-refractivity contribution in [2.24, 2.45) is 0 Å². The van der Waals surface area contributed by atoms with Gasteiger partial charge in [0, 0.05) is 11.6 Å². The topological polar surface area (TPSA) is 16.8 Å². The van der Waals surface area contributed by atoms with Crippen LogP contribution in [-0.2, 0) is 12.7 Å². The smallest absolute Gasteiger partial charge is 0.416 e. The zero-order valence-corrected chi connectivity index (χ0v) is 14.1. The van der Waals surface area contributed by atoms with Crippen LogP contribution in [-0.4, -0.2) is 4.98 Å². The molecule has 1 aromatic heterocycles. The third kappa shape index (κ3) is 4.41. The average Bonchev–Trinajstić information content (AvgIpc) is 2.56. The number of aromatic nitrogens is 2. The molecule has 0 amide bonds. The molecule has 0 unspecified atom stereocenters. The third-order valence-electron chi connectivity index (χ3n) is 3.46. The fraction of sp³-hybridized carbons (Fsp3) is 0.111. The first-order valence-electron chi connectivity index (χ1n) is 7.09. The minimum Gasteiger partial charge on any atom is -1.00 e. The molecule has 0 aliphatic rings. The summed E-state index contributed by atoms with van der Waals surface area (Å²) in [4.78, 5) is 4.36. The Hall–Kier alpha value is -2.21. The Morgan fingerprint density at radius 2 is 1.67 bits per heavy atom. The molecular formula is C18H14BrF3N2. The van der Waals surface area contributed by atoms with Gasteiger partial charge in [0.2, 0.25) is 0 Å². The summed E-state index contributed by atoms with van der Waals surface area (Å²) in [5.74, 6) is 0. The van der Waals surface area contributed by atoms with E-state index in [2.05, 4.69) is 4.98 Å². The molecule has 3 aromatic rings. The number of benzene rings is 2. The van der Waals surface area contributed by atoms with E-state index in [1.807, 2.05) is 42.6 Å². The lowest BCUT2D eigenvalue weighted by atomic mass is 10.1. The summed E-state index contributed by atoms with van der Waals surface area (Å²) in [6, 6.07) is 16.9. The Balaban J connectivity index is 0.00000208. The lowest BCUT2D eigenvalue weighted by molar-refractivity contribution is -0.691. The molecule has 3 rings (SSSR count). The highest BCUT2D eigenvalue weighted by Gasteiger charge is 2.30. The fourth-order valence-electron chi connectivity index (χ4n) is 2.31. The number of alkyl halides is 3. The largest absolute Gasteiger partial charge is 1.00 e. The highest BCUT2D eigenvalue weighted by molar-refractivity contribution is 5.57. The molecule has 124 valence electrons. The first-order chi connectivity index (χ1) is 11.0. The normalized spacial score (nSPS) is 11.0. The molecule has 0 radical (unpaired) electrons. The van der Waals surface area contributed by atoms with Gasteiger partial charge in [-0.15, -0.1) is 0 Å². The minimum atomic E-state index is -4.32. The number of nitrogens with zero attached hydrogens (tertiary/aromatic N) is 2. The second-order valence-corrected chi connectivity index (χ2v) is 5.18. The third-order valence-corrected chi connectivity index (χ3v) is 3.46. The van der Waals surface area contributed by atoms with E-state index in [-0.39, 0.29) is 17.0 Å². The molecule has 2 aromatic carbocycles. The van der Waals surface area contributed by atoms with Gasteiger partial charge in [0.15, 0.2) is 5.69 Å². The van der Waals surface area contributed by atoms with Crippen LogP contribution in [0, 0.1) is 0 Å². The van der Waals surface area contributed by atoms with Crippen LogP contribution in [0.5, 0.6) is 0 Å². The van der Waals surface area contributed by atoms with Crippen molar-refractivity contribution in [3.05, 3.63) is 84.3 Å². The molecule has 1 heterocycles. The number of rotatable bonds is 3. The van der Waals surface area contributed by atoms with Crippen LogP contribution in [0.25, 0.3) is 11.3 Å². The van der Waals surface area contributed by atoms with Crippen LogP contribution < -0.4 is 21.5 Å². The SMILES string of the molecule is FC(F)(F)c1cccc(C[n+]2ccc(-c3ccccc3)nc2)c1.[Br-]. The molecule has 0 saturated carbocycles. The van der Waals surface area contributed by atoms with Gasteiger partial charge in [-0.3, -0.25) is 0 Å². The van der Waals surface area contributed by atoms with Crippen LogP contribution >= 0.6 is 0 Å². The Bertz CT molecular complexity index is 787. The van der Waals surface area contributed by atoms with Gasteiger partial charge in [-0.25, -0.2) is 4.57 Å². The molecule has 0 saturated heterocycles. The molecule has 24 heavy (non-hydrogen) atoms. The summed E-state index contributed by atoms with van der Waals surface area (Å²) in [6.45, 7) is 0.339. The van der Waals surface area contributed by atoms with Crippen molar-refractivity contribution < 1.29 is 34.7 Å². The van der Waals surface area contributed by atoms with Crippen molar-refractivity contribution in [3.8, 4) is 11.3 Å². The molecular weight excluding hydrogens is 381 g/mol. The van der Waals surface area contributed by atoms with Crippen molar-refractivity contribution in [1.82, 2.24) is 4.98 Å². The quantitative estimate of drug-likeness (QED) is 0.608. The van der Waals surface area contributed by atoms with E-state index < -0.39 is 11.7 Å². The molecule has 0 atom stereocenters. The molecule has 0 aliphatic heterocycles. The zero-order chi connectivity index (χ0) is 16.3. The van der Waals surface area contributed by atoms with E-state index in [1.54, 1.807) is 17.0 Å². The Morgan fingerprint density at radius 1 is 0.917 bits per heavy atom. The first kappa shape index (κ1) is 18.1. The molecule has 6 heteroatoms. The van der Waals surface area contributed by atoms with Gasteiger partial charge in [0.1, 0.15) is 6.54 Å². The molecule has 0 bridgehead atoms. The Labute approximate surface area is 148 Å². The van der Waals surface area contributed by atoms with E-state index >= 15 is 0 Å². The first-order valence-corrected chi connectivity index (χ1v) is 7.09. The lowest BCUT2D eigenvalue weighted by Gasteiger charge is -2.08. The molecule has 0 N–H and O–H groups in total. The van der Waals surface area contributed by atoms with E-state index in [0.717, 1.165) is 23.4 Å². The van der Waals surface area contributed by atoms with Crippen molar-refractivity contribution >= 4 is 0 Å². The van der Waals surface area contributed by atoms with Gasteiger partial charge in [0.05, 0.1) is 11.8 Å². The summed E-state index contributed by atoms with van der Waals surface area (Å²) >= 11 is 0. The lowest BCUT2D eigenvalue weighted by Crippen LogP contribution is -3.00. The van der Waals surface area contributed by atoms with E-state index in [4.69, 9.17) is 0 Å². The van der Waals surface area contributed by atoms with Gasteiger partial charge in [-0.1, -0.05) is 42.5 Å². The van der Waals surface area contributed by atoms with Crippen molar-refractivity contribution in [2.75, 3.05) is 0 Å². The van der Waals surface area contributed by atoms with Gasteiger partial charge in [0.25, 0.3) is 6.33 Å². The van der Waals surface area contributed by atoms with Gasteiger partial charge >= 0.3 is 6.18 Å². The number of hydrogen-bond acceptors (Lipinski definition) is 1. The zero-order valence-electron chi connectivity index (χ0n) is 12.5. The molecule has 0 fully saturated rings. The summed E-state index contributed by atoms with van der Waals surface area (Å²) in [6.07, 6.45) is -0.881. The van der Waals surface area contributed by atoms with Crippen molar-refractivity contribution in [2.45, 2.75) is 12.7 Å². The van der Waals surface area contributed by atoms with Crippen LogP contribution in [0.3, 0.4) is 0 Å². The summed E-state index contributed by atoms with van der Waals surface area (Å²) < 4.78 is 39.9. The summed E-state index contributed by atoms with van der Waals surface area (Å²) in [5.41, 5.74) is 1.77. The number of halogens is 4. The number of hydrogen-bond donors (Lipinski definition) is 0. The van der Waals surface area contributed by atoms with Crippen LogP contribution in [0.1, 0.15) is 11.1 Å². The fourth-order valence-corrected chi connectivity index (χ4v) is 2.31. The molecule has 0 aliphatic carbocycles. The van der Waals surface area contributed by atoms with Gasteiger partial charge in [-0.2, -0.15) is 13.2 Å². The van der Waals surface area contributed by atoms with Crippen molar-refractivity contribution in [3.63, 3.8) is 0 Å². The summed E-state index contributed by atoms with van der Waals surface area (Å²) in [5, 5.41) is 0. The summed E-state index contributed by atoms with van der Waals surface area (Å²) in [7, 11) is 0.